The fourth-order valence-corrected chi connectivity index (χ4v) is 6.87. The zero-order chi connectivity index (χ0) is 20.9. The third kappa shape index (κ3) is 2.29. The average Bonchev–Trinajstić information content (AvgIpc) is 3.43. The van der Waals surface area contributed by atoms with Crippen molar-refractivity contribution in [3.8, 4) is 22.8 Å². The molecule has 2 heterocycles. The molecule has 0 N–H and O–H groups in total. The van der Waals surface area contributed by atoms with E-state index in [4.69, 9.17) is 9.72 Å². The van der Waals surface area contributed by atoms with Gasteiger partial charge < -0.3 is 4.74 Å². The van der Waals surface area contributed by atoms with E-state index < -0.39 is 0 Å². The van der Waals surface area contributed by atoms with E-state index in [1.54, 1.807) is 0 Å². The molecule has 3 atom stereocenters. The van der Waals surface area contributed by atoms with Crippen LogP contribution in [0.15, 0.2) is 42.7 Å². The first-order chi connectivity index (χ1) is 15.1. The molecule has 3 nitrogen and oxygen atoms in total. The third-order valence-corrected chi connectivity index (χ3v) is 8.36. The van der Waals surface area contributed by atoms with Gasteiger partial charge in [-0.2, -0.15) is 0 Å². The van der Waals surface area contributed by atoms with E-state index in [0.717, 1.165) is 34.2 Å². The van der Waals surface area contributed by atoms with Crippen LogP contribution in [-0.2, 0) is 7.05 Å². The molecule has 0 amide bonds. The molecular formula is C28H27N2O+. The molecule has 1 aromatic heterocycles. The molecule has 4 aromatic rings. The maximum absolute atomic E-state index is 6.75. The minimum atomic E-state index is 0.669. The van der Waals surface area contributed by atoms with Crippen molar-refractivity contribution < 1.29 is 9.30 Å². The summed E-state index contributed by atoms with van der Waals surface area (Å²) in [6, 6.07) is 13.4. The van der Waals surface area contributed by atoms with Crippen molar-refractivity contribution in [1.29, 1.82) is 0 Å². The summed E-state index contributed by atoms with van der Waals surface area (Å²) < 4.78 is 8.92. The second-order valence-corrected chi connectivity index (χ2v) is 10.0. The Kier molecular flexibility index (Phi) is 3.46. The molecule has 1 aliphatic heterocycles. The molecule has 31 heavy (non-hydrogen) atoms. The summed E-state index contributed by atoms with van der Waals surface area (Å²) in [6.45, 7) is 4.43. The highest BCUT2D eigenvalue weighted by molar-refractivity contribution is 6.05. The molecule has 3 unspecified atom stereocenters. The van der Waals surface area contributed by atoms with Crippen molar-refractivity contribution in [3.63, 3.8) is 0 Å². The first-order valence-corrected chi connectivity index (χ1v) is 11.6. The van der Waals surface area contributed by atoms with Crippen LogP contribution < -0.4 is 9.30 Å². The van der Waals surface area contributed by atoms with Crippen molar-refractivity contribution in [2.75, 3.05) is 0 Å². The molecule has 3 aliphatic rings. The highest BCUT2D eigenvalue weighted by Crippen LogP contribution is 2.55. The predicted molar refractivity (Wildman–Crippen MR) is 124 cm³/mol. The summed E-state index contributed by atoms with van der Waals surface area (Å²) in [5, 5.41) is 3.73. The van der Waals surface area contributed by atoms with E-state index in [2.05, 4.69) is 61.9 Å². The molecule has 0 saturated heterocycles. The normalized spacial score (nSPS) is 23.4. The lowest BCUT2D eigenvalue weighted by molar-refractivity contribution is -0.662. The van der Waals surface area contributed by atoms with E-state index in [9.17, 15) is 0 Å². The van der Waals surface area contributed by atoms with Gasteiger partial charge in [-0.15, -0.1) is 0 Å². The van der Waals surface area contributed by atoms with Crippen LogP contribution in [0.2, 0.25) is 0 Å². The zero-order valence-corrected chi connectivity index (χ0v) is 18.4. The molecule has 3 aromatic carbocycles. The Bertz CT molecular complexity index is 1420. The summed E-state index contributed by atoms with van der Waals surface area (Å²) in [4.78, 5) is 4.85. The molecule has 154 valence electrons. The first kappa shape index (κ1) is 17.7. The van der Waals surface area contributed by atoms with Gasteiger partial charge >= 0.3 is 0 Å². The Morgan fingerprint density at radius 2 is 1.81 bits per heavy atom. The number of fused-ring (bicyclic) bond motifs is 5. The molecule has 2 aliphatic carbocycles. The lowest BCUT2D eigenvalue weighted by Crippen LogP contribution is -2.33. The SMILES string of the molecule is Cc1c2c(c(C)c3ccccc13)-c1c3c(cc(C4CC5CCC4C5)cc3nc[n+]1C)O2. The second kappa shape index (κ2) is 6.06. The highest BCUT2D eigenvalue weighted by Gasteiger charge is 2.41. The molecule has 3 heteroatoms. The van der Waals surface area contributed by atoms with Crippen LogP contribution in [-0.4, -0.2) is 4.98 Å². The van der Waals surface area contributed by atoms with Crippen LogP contribution in [0.4, 0.5) is 0 Å². The van der Waals surface area contributed by atoms with Crippen molar-refractivity contribution in [2.45, 2.75) is 45.4 Å². The minimum Gasteiger partial charge on any atom is -0.455 e. The van der Waals surface area contributed by atoms with Crippen LogP contribution >= 0.6 is 0 Å². The van der Waals surface area contributed by atoms with Crippen LogP contribution in [0.1, 0.15) is 48.3 Å². The molecule has 2 fully saturated rings. The lowest BCUT2D eigenvalue weighted by atomic mass is 9.82. The number of aryl methyl sites for hydroxylation is 3. The largest absolute Gasteiger partial charge is 0.455 e. The number of rotatable bonds is 1. The quantitative estimate of drug-likeness (QED) is 0.296. The Morgan fingerprint density at radius 1 is 1.00 bits per heavy atom. The van der Waals surface area contributed by atoms with E-state index in [0.29, 0.717) is 5.92 Å². The van der Waals surface area contributed by atoms with Gasteiger partial charge in [0.15, 0.2) is 11.2 Å². The van der Waals surface area contributed by atoms with E-state index in [-0.39, 0.29) is 0 Å². The van der Waals surface area contributed by atoms with Gasteiger partial charge in [-0.3, -0.25) is 0 Å². The maximum atomic E-state index is 6.75. The van der Waals surface area contributed by atoms with Crippen LogP contribution in [0, 0.1) is 25.7 Å². The molecule has 2 bridgehead atoms. The van der Waals surface area contributed by atoms with Gasteiger partial charge in [0, 0.05) is 5.56 Å². The molecular weight excluding hydrogens is 380 g/mol. The monoisotopic (exact) mass is 407 g/mol. The second-order valence-electron chi connectivity index (χ2n) is 10.0. The van der Waals surface area contributed by atoms with Gasteiger partial charge in [0.2, 0.25) is 0 Å². The number of aromatic nitrogens is 2. The van der Waals surface area contributed by atoms with Gasteiger partial charge in [-0.25, -0.2) is 4.57 Å². The third-order valence-electron chi connectivity index (χ3n) is 8.36. The molecule has 7 rings (SSSR count). The number of ether oxygens (including phenoxy) is 1. The number of hydrogen-bond donors (Lipinski definition) is 0. The summed E-state index contributed by atoms with van der Waals surface area (Å²) >= 11 is 0. The number of nitrogens with zero attached hydrogens (tertiary/aromatic N) is 2. The zero-order valence-electron chi connectivity index (χ0n) is 18.4. The van der Waals surface area contributed by atoms with Gasteiger partial charge in [-0.05, 0) is 89.9 Å². The lowest BCUT2D eigenvalue weighted by Gasteiger charge is -2.27. The Hall–Kier alpha value is -2.94. The Balaban J connectivity index is 1.53. The van der Waals surface area contributed by atoms with Crippen molar-refractivity contribution >= 4 is 21.7 Å². The predicted octanol–water partition coefficient (Wildman–Crippen LogP) is 6.51. The van der Waals surface area contributed by atoms with E-state index >= 15 is 0 Å². The topological polar surface area (TPSA) is 26.0 Å². The minimum absolute atomic E-state index is 0.669. The van der Waals surface area contributed by atoms with E-state index in [1.807, 2.05) is 6.33 Å². The summed E-state index contributed by atoms with van der Waals surface area (Å²) in [5.74, 6) is 4.44. The van der Waals surface area contributed by atoms with Crippen LogP contribution in [0.5, 0.6) is 11.5 Å². The van der Waals surface area contributed by atoms with Gasteiger partial charge in [0.25, 0.3) is 6.33 Å². The van der Waals surface area contributed by atoms with E-state index in [1.165, 1.54) is 64.4 Å². The summed E-state index contributed by atoms with van der Waals surface area (Å²) in [6.07, 6.45) is 7.54. The van der Waals surface area contributed by atoms with Gasteiger partial charge in [0.05, 0.1) is 12.6 Å². The molecule has 0 spiro atoms. The number of benzene rings is 3. The van der Waals surface area contributed by atoms with Crippen LogP contribution in [0.25, 0.3) is 32.9 Å². The first-order valence-electron chi connectivity index (χ1n) is 11.6. The molecule has 0 radical (unpaired) electrons. The highest BCUT2D eigenvalue weighted by atomic mass is 16.5. The Morgan fingerprint density at radius 3 is 2.55 bits per heavy atom. The van der Waals surface area contributed by atoms with Gasteiger partial charge in [0.1, 0.15) is 16.9 Å². The fraction of sp³-hybridized carbons (Fsp3) is 0.357. The standard InChI is InChI=1S/C28H27N2O/c1-15-20-6-4-5-7-21(20)16(2)28-25(15)27-26-23(29-14-30(27)3)12-19(13-24(26)31-28)22-11-17-8-9-18(22)10-17/h4-7,12-14,17-18,22H,8-11H2,1-3H3/q+1. The fourth-order valence-electron chi connectivity index (χ4n) is 6.87. The summed E-state index contributed by atoms with van der Waals surface area (Å²) in [7, 11) is 2.11. The van der Waals surface area contributed by atoms with Crippen molar-refractivity contribution in [2.24, 2.45) is 18.9 Å². The van der Waals surface area contributed by atoms with Crippen molar-refractivity contribution in [1.82, 2.24) is 4.98 Å². The smallest absolute Gasteiger partial charge is 0.287 e. The Labute approximate surface area is 182 Å². The van der Waals surface area contributed by atoms with Crippen molar-refractivity contribution in [3.05, 3.63) is 59.4 Å². The summed E-state index contributed by atoms with van der Waals surface area (Å²) in [5.41, 5.74) is 7.44. The number of hydrogen-bond acceptors (Lipinski definition) is 2. The van der Waals surface area contributed by atoms with Gasteiger partial charge in [-0.1, -0.05) is 30.7 Å². The molecule has 2 saturated carbocycles. The van der Waals surface area contributed by atoms with Crippen LogP contribution in [0.3, 0.4) is 0 Å². The maximum Gasteiger partial charge on any atom is 0.287 e. The average molecular weight is 408 g/mol.